The molecule has 1 aliphatic rings. The Morgan fingerprint density at radius 1 is 1.39 bits per heavy atom. The van der Waals surface area contributed by atoms with Crippen molar-refractivity contribution in [1.29, 1.82) is 0 Å². The molecule has 3 N–H and O–H groups in total. The Hall–Kier alpha value is -1.39. The number of hydrogen-bond acceptors (Lipinski definition) is 3. The molecule has 0 spiro atoms. The maximum absolute atomic E-state index is 12.9. The standard InChI is InChI=1S/C19H30N2O2/c1-4-21(13-17(22)15-10-8-14(2)9-11-15)18(23)16-7-5-6-12-19(16,3)20/h8-11,16-17,22H,4-7,12-13,20H2,1-3H3. The summed E-state index contributed by atoms with van der Waals surface area (Å²) in [5.74, 6) is -0.0511. The number of aliphatic hydroxyl groups excluding tert-OH is 1. The average molecular weight is 318 g/mol. The van der Waals surface area contributed by atoms with E-state index in [0.29, 0.717) is 13.1 Å². The van der Waals surface area contributed by atoms with E-state index < -0.39 is 11.6 Å². The highest BCUT2D eigenvalue weighted by molar-refractivity contribution is 5.80. The van der Waals surface area contributed by atoms with E-state index in [2.05, 4.69) is 0 Å². The van der Waals surface area contributed by atoms with Crippen LogP contribution in [0.15, 0.2) is 24.3 Å². The number of nitrogens with zero attached hydrogens (tertiary/aromatic N) is 1. The van der Waals surface area contributed by atoms with Crippen LogP contribution in [0.1, 0.15) is 56.8 Å². The van der Waals surface area contributed by atoms with Gasteiger partial charge in [-0.15, -0.1) is 0 Å². The summed E-state index contributed by atoms with van der Waals surface area (Å²) >= 11 is 0. The van der Waals surface area contributed by atoms with Crippen molar-refractivity contribution in [3.8, 4) is 0 Å². The molecular weight excluding hydrogens is 288 g/mol. The largest absolute Gasteiger partial charge is 0.387 e. The first kappa shape index (κ1) is 18.0. The maximum atomic E-state index is 12.9. The van der Waals surface area contributed by atoms with Crippen LogP contribution in [0.2, 0.25) is 0 Å². The van der Waals surface area contributed by atoms with Gasteiger partial charge in [-0.25, -0.2) is 0 Å². The van der Waals surface area contributed by atoms with Crippen LogP contribution < -0.4 is 5.73 Å². The third-order valence-electron chi connectivity index (χ3n) is 5.10. The van der Waals surface area contributed by atoms with Gasteiger partial charge in [-0.2, -0.15) is 0 Å². The molecule has 4 heteroatoms. The van der Waals surface area contributed by atoms with Crippen LogP contribution in [0.3, 0.4) is 0 Å². The summed E-state index contributed by atoms with van der Waals surface area (Å²) in [5, 5.41) is 10.5. The van der Waals surface area contributed by atoms with Crippen LogP contribution in [-0.4, -0.2) is 34.5 Å². The Morgan fingerprint density at radius 2 is 2.04 bits per heavy atom. The molecule has 1 fully saturated rings. The highest BCUT2D eigenvalue weighted by atomic mass is 16.3. The van der Waals surface area contributed by atoms with Gasteiger partial charge in [-0.1, -0.05) is 42.7 Å². The van der Waals surface area contributed by atoms with Crippen molar-refractivity contribution < 1.29 is 9.90 Å². The van der Waals surface area contributed by atoms with Gasteiger partial charge in [-0.05, 0) is 39.2 Å². The van der Waals surface area contributed by atoms with Crippen molar-refractivity contribution in [2.75, 3.05) is 13.1 Å². The predicted molar refractivity (Wildman–Crippen MR) is 92.9 cm³/mol. The highest BCUT2D eigenvalue weighted by Crippen LogP contribution is 2.33. The molecule has 0 radical (unpaired) electrons. The molecule has 1 aliphatic carbocycles. The molecule has 0 bridgehead atoms. The molecule has 1 aromatic rings. The topological polar surface area (TPSA) is 66.6 Å². The van der Waals surface area contributed by atoms with Crippen LogP contribution in [0, 0.1) is 12.8 Å². The Kier molecular flexibility index (Phi) is 5.82. The fourth-order valence-corrected chi connectivity index (χ4v) is 3.46. The van der Waals surface area contributed by atoms with Crippen LogP contribution in [0.4, 0.5) is 0 Å². The van der Waals surface area contributed by atoms with Crippen molar-refractivity contribution in [3.05, 3.63) is 35.4 Å². The van der Waals surface area contributed by atoms with Gasteiger partial charge in [0.05, 0.1) is 18.6 Å². The van der Waals surface area contributed by atoms with E-state index in [1.54, 1.807) is 4.90 Å². The van der Waals surface area contributed by atoms with E-state index in [4.69, 9.17) is 5.73 Å². The second-order valence-electron chi connectivity index (χ2n) is 7.11. The number of carbonyl (C=O) groups is 1. The van der Waals surface area contributed by atoms with Crippen molar-refractivity contribution in [1.82, 2.24) is 4.90 Å². The maximum Gasteiger partial charge on any atom is 0.227 e. The molecule has 0 heterocycles. The van der Waals surface area contributed by atoms with Crippen LogP contribution >= 0.6 is 0 Å². The number of amides is 1. The van der Waals surface area contributed by atoms with Gasteiger partial charge >= 0.3 is 0 Å². The molecule has 4 nitrogen and oxygen atoms in total. The molecule has 1 aromatic carbocycles. The molecule has 23 heavy (non-hydrogen) atoms. The second-order valence-corrected chi connectivity index (χ2v) is 7.11. The van der Waals surface area contributed by atoms with Gasteiger partial charge in [0.1, 0.15) is 0 Å². The van der Waals surface area contributed by atoms with Gasteiger partial charge in [0.25, 0.3) is 0 Å². The molecule has 1 amide bonds. The molecule has 3 unspecified atom stereocenters. The van der Waals surface area contributed by atoms with Crippen molar-refractivity contribution >= 4 is 5.91 Å². The van der Waals surface area contributed by atoms with Gasteiger partial charge in [0, 0.05) is 12.1 Å². The molecule has 1 saturated carbocycles. The minimum absolute atomic E-state index is 0.0864. The monoisotopic (exact) mass is 318 g/mol. The van der Waals surface area contributed by atoms with E-state index >= 15 is 0 Å². The highest BCUT2D eigenvalue weighted by Gasteiger charge is 2.39. The molecule has 0 saturated heterocycles. The number of rotatable bonds is 5. The number of benzene rings is 1. The third kappa shape index (κ3) is 4.33. The van der Waals surface area contributed by atoms with Crippen molar-refractivity contribution in [3.63, 3.8) is 0 Å². The van der Waals surface area contributed by atoms with E-state index in [0.717, 1.165) is 36.8 Å². The number of hydrogen-bond donors (Lipinski definition) is 2. The lowest BCUT2D eigenvalue weighted by Crippen LogP contribution is -2.54. The molecule has 128 valence electrons. The zero-order valence-electron chi connectivity index (χ0n) is 14.6. The average Bonchev–Trinajstić information content (AvgIpc) is 2.52. The van der Waals surface area contributed by atoms with E-state index in [1.807, 2.05) is 45.0 Å². The van der Waals surface area contributed by atoms with Crippen LogP contribution in [0.5, 0.6) is 0 Å². The molecule has 3 atom stereocenters. The number of carbonyl (C=O) groups excluding carboxylic acids is 1. The molecule has 0 aliphatic heterocycles. The predicted octanol–water partition coefficient (Wildman–Crippen LogP) is 2.78. The molecule has 2 rings (SSSR count). The molecule has 0 aromatic heterocycles. The smallest absolute Gasteiger partial charge is 0.227 e. The Balaban J connectivity index is 2.06. The number of nitrogens with two attached hydrogens (primary N) is 1. The SMILES string of the molecule is CCN(CC(O)c1ccc(C)cc1)C(=O)C1CCCCC1(C)N. The Labute approximate surface area is 139 Å². The third-order valence-corrected chi connectivity index (χ3v) is 5.10. The summed E-state index contributed by atoms with van der Waals surface area (Å²) < 4.78 is 0. The van der Waals surface area contributed by atoms with Crippen molar-refractivity contribution in [2.24, 2.45) is 11.7 Å². The summed E-state index contributed by atoms with van der Waals surface area (Å²) in [5.41, 5.74) is 7.94. The summed E-state index contributed by atoms with van der Waals surface area (Å²) in [6, 6.07) is 7.81. The van der Waals surface area contributed by atoms with E-state index in [-0.39, 0.29) is 11.8 Å². The lowest BCUT2D eigenvalue weighted by Gasteiger charge is -2.40. The van der Waals surface area contributed by atoms with Crippen molar-refractivity contribution in [2.45, 2.75) is 58.1 Å². The zero-order valence-corrected chi connectivity index (χ0v) is 14.6. The minimum atomic E-state index is -0.660. The Morgan fingerprint density at radius 3 is 2.61 bits per heavy atom. The number of likely N-dealkylation sites (N-methyl/N-ethyl adjacent to an activating group) is 1. The fraction of sp³-hybridized carbons (Fsp3) is 0.632. The van der Waals surface area contributed by atoms with E-state index in [9.17, 15) is 9.90 Å². The first-order valence-corrected chi connectivity index (χ1v) is 8.67. The first-order chi connectivity index (χ1) is 10.8. The molecular formula is C19H30N2O2. The Bertz CT molecular complexity index is 525. The van der Waals surface area contributed by atoms with Gasteiger partial charge in [0.2, 0.25) is 5.91 Å². The zero-order chi connectivity index (χ0) is 17.0. The minimum Gasteiger partial charge on any atom is -0.387 e. The first-order valence-electron chi connectivity index (χ1n) is 8.67. The van der Waals surface area contributed by atoms with E-state index in [1.165, 1.54) is 0 Å². The van der Waals surface area contributed by atoms with Gasteiger partial charge in [0.15, 0.2) is 0 Å². The summed E-state index contributed by atoms with van der Waals surface area (Å²) in [4.78, 5) is 14.7. The fourth-order valence-electron chi connectivity index (χ4n) is 3.46. The number of aryl methyl sites for hydroxylation is 1. The summed E-state index contributed by atoms with van der Waals surface area (Å²) in [7, 11) is 0. The lowest BCUT2D eigenvalue weighted by atomic mass is 9.74. The van der Waals surface area contributed by atoms with Crippen LogP contribution in [-0.2, 0) is 4.79 Å². The van der Waals surface area contributed by atoms with Gasteiger partial charge in [-0.3, -0.25) is 4.79 Å². The van der Waals surface area contributed by atoms with Crippen LogP contribution in [0.25, 0.3) is 0 Å². The second kappa shape index (κ2) is 7.45. The quantitative estimate of drug-likeness (QED) is 0.877. The van der Waals surface area contributed by atoms with Gasteiger partial charge < -0.3 is 15.7 Å². The summed E-state index contributed by atoms with van der Waals surface area (Å²) in [6.07, 6.45) is 3.23. The normalized spacial score (nSPS) is 25.9. The lowest BCUT2D eigenvalue weighted by molar-refractivity contribution is -0.140. The number of aliphatic hydroxyl groups is 1. The summed E-state index contributed by atoms with van der Waals surface area (Å²) in [6.45, 7) is 6.87.